The van der Waals surface area contributed by atoms with Crippen molar-refractivity contribution in [2.75, 3.05) is 0 Å². The predicted molar refractivity (Wildman–Crippen MR) is 98.0 cm³/mol. The summed E-state index contributed by atoms with van der Waals surface area (Å²) in [4.78, 5) is 0. The Balaban J connectivity index is 1.61. The summed E-state index contributed by atoms with van der Waals surface area (Å²) < 4.78 is 5.53. The molecule has 2 nitrogen and oxygen atoms in total. The average Bonchev–Trinajstić information content (AvgIpc) is 3.41. The summed E-state index contributed by atoms with van der Waals surface area (Å²) in [5.74, 6) is 1.66. The highest BCUT2D eigenvalue weighted by Gasteiger charge is 2.23. The van der Waals surface area contributed by atoms with Crippen molar-refractivity contribution in [2.45, 2.75) is 32.1 Å². The Morgan fingerprint density at radius 3 is 2.17 bits per heavy atom. The number of aromatic nitrogens is 1. The van der Waals surface area contributed by atoms with E-state index in [2.05, 4.69) is 60.3 Å². The van der Waals surface area contributed by atoms with Crippen LogP contribution in [-0.4, -0.2) is 5.16 Å². The Morgan fingerprint density at radius 1 is 1.00 bits per heavy atom. The van der Waals surface area contributed by atoms with Gasteiger partial charge in [-0.3, -0.25) is 0 Å². The van der Waals surface area contributed by atoms with Crippen LogP contribution in [-0.2, 0) is 6.42 Å². The summed E-state index contributed by atoms with van der Waals surface area (Å²) in [6.45, 7) is 5.79. The van der Waals surface area contributed by atoms with Gasteiger partial charge in [-0.1, -0.05) is 59.8 Å². The zero-order chi connectivity index (χ0) is 16.5. The van der Waals surface area contributed by atoms with E-state index in [4.69, 9.17) is 4.52 Å². The molecule has 2 heteroatoms. The van der Waals surface area contributed by atoms with Crippen LogP contribution in [0.3, 0.4) is 0 Å². The van der Waals surface area contributed by atoms with Crippen molar-refractivity contribution in [1.29, 1.82) is 0 Å². The monoisotopic (exact) mass is 315 g/mol. The SMILES string of the molecule is C=CCc1c(C)noc1-c1ccc(-c2ccc(C3CC3)cc2)cc1. The fourth-order valence-corrected chi connectivity index (χ4v) is 3.18. The summed E-state index contributed by atoms with van der Waals surface area (Å²) in [7, 11) is 0. The van der Waals surface area contributed by atoms with Gasteiger partial charge in [0.05, 0.1) is 5.69 Å². The summed E-state index contributed by atoms with van der Waals surface area (Å²) in [6.07, 6.45) is 5.35. The maximum Gasteiger partial charge on any atom is 0.170 e. The first-order valence-corrected chi connectivity index (χ1v) is 8.53. The minimum absolute atomic E-state index is 0.773. The van der Waals surface area contributed by atoms with E-state index >= 15 is 0 Å². The fourth-order valence-electron chi connectivity index (χ4n) is 3.18. The van der Waals surface area contributed by atoms with Gasteiger partial charge in [0, 0.05) is 11.1 Å². The van der Waals surface area contributed by atoms with E-state index in [0.717, 1.165) is 34.9 Å². The van der Waals surface area contributed by atoms with Crippen molar-refractivity contribution in [3.8, 4) is 22.5 Å². The number of benzene rings is 2. The minimum atomic E-state index is 0.773. The lowest BCUT2D eigenvalue weighted by molar-refractivity contribution is 0.427. The highest BCUT2D eigenvalue weighted by Crippen LogP contribution is 2.40. The molecule has 1 fully saturated rings. The maximum absolute atomic E-state index is 5.53. The van der Waals surface area contributed by atoms with Crippen molar-refractivity contribution in [1.82, 2.24) is 5.16 Å². The van der Waals surface area contributed by atoms with Crippen molar-refractivity contribution < 1.29 is 4.52 Å². The number of allylic oxidation sites excluding steroid dienone is 1. The molecule has 1 heterocycles. The second kappa shape index (κ2) is 6.12. The predicted octanol–water partition coefficient (Wildman–Crippen LogP) is 5.92. The average molecular weight is 315 g/mol. The Bertz CT molecular complexity index is 852. The van der Waals surface area contributed by atoms with E-state index in [9.17, 15) is 0 Å². The first-order valence-electron chi connectivity index (χ1n) is 8.53. The maximum atomic E-state index is 5.53. The Labute approximate surface area is 142 Å². The van der Waals surface area contributed by atoms with Crippen LogP contribution in [0.5, 0.6) is 0 Å². The molecule has 0 saturated heterocycles. The van der Waals surface area contributed by atoms with Gasteiger partial charge in [-0.25, -0.2) is 0 Å². The number of hydrogen-bond donors (Lipinski definition) is 0. The van der Waals surface area contributed by atoms with E-state index in [1.807, 2.05) is 13.0 Å². The van der Waals surface area contributed by atoms with Gasteiger partial charge in [-0.05, 0) is 48.8 Å². The molecule has 0 spiro atoms. The third-order valence-corrected chi connectivity index (χ3v) is 4.77. The van der Waals surface area contributed by atoms with Crippen LogP contribution in [0, 0.1) is 6.92 Å². The van der Waals surface area contributed by atoms with E-state index in [-0.39, 0.29) is 0 Å². The molecule has 120 valence electrons. The molecule has 1 aliphatic rings. The highest BCUT2D eigenvalue weighted by atomic mass is 16.5. The second-order valence-electron chi connectivity index (χ2n) is 6.54. The largest absolute Gasteiger partial charge is 0.356 e. The smallest absolute Gasteiger partial charge is 0.170 e. The van der Waals surface area contributed by atoms with Gasteiger partial charge in [-0.2, -0.15) is 0 Å². The molecule has 0 amide bonds. The van der Waals surface area contributed by atoms with Crippen LogP contribution >= 0.6 is 0 Å². The van der Waals surface area contributed by atoms with E-state index < -0.39 is 0 Å². The van der Waals surface area contributed by atoms with Gasteiger partial charge >= 0.3 is 0 Å². The van der Waals surface area contributed by atoms with Crippen LogP contribution < -0.4 is 0 Å². The summed E-state index contributed by atoms with van der Waals surface area (Å²) in [6, 6.07) is 17.5. The van der Waals surface area contributed by atoms with Gasteiger partial charge in [0.25, 0.3) is 0 Å². The lowest BCUT2D eigenvalue weighted by atomic mass is 9.99. The van der Waals surface area contributed by atoms with Crippen molar-refractivity contribution >= 4 is 0 Å². The van der Waals surface area contributed by atoms with Crippen molar-refractivity contribution in [3.05, 3.63) is 78.0 Å². The third kappa shape index (κ3) is 2.80. The molecule has 1 saturated carbocycles. The molecular weight excluding hydrogens is 294 g/mol. The molecule has 3 aromatic rings. The van der Waals surface area contributed by atoms with Crippen molar-refractivity contribution in [3.63, 3.8) is 0 Å². The lowest BCUT2D eigenvalue weighted by Crippen LogP contribution is -1.87. The van der Waals surface area contributed by atoms with Crippen LogP contribution in [0.15, 0.2) is 65.7 Å². The summed E-state index contributed by atoms with van der Waals surface area (Å²) in [5, 5.41) is 4.10. The van der Waals surface area contributed by atoms with Gasteiger partial charge < -0.3 is 4.52 Å². The second-order valence-corrected chi connectivity index (χ2v) is 6.54. The van der Waals surface area contributed by atoms with Crippen LogP contribution in [0.2, 0.25) is 0 Å². The van der Waals surface area contributed by atoms with Gasteiger partial charge in [0.1, 0.15) is 0 Å². The third-order valence-electron chi connectivity index (χ3n) is 4.77. The topological polar surface area (TPSA) is 26.0 Å². The number of hydrogen-bond acceptors (Lipinski definition) is 2. The Kier molecular flexibility index (Phi) is 3.81. The molecule has 0 bridgehead atoms. The van der Waals surface area contributed by atoms with Crippen molar-refractivity contribution in [2.24, 2.45) is 0 Å². The van der Waals surface area contributed by atoms with Crippen LogP contribution in [0.4, 0.5) is 0 Å². The molecule has 0 unspecified atom stereocenters. The van der Waals surface area contributed by atoms with Gasteiger partial charge in [-0.15, -0.1) is 6.58 Å². The summed E-state index contributed by atoms with van der Waals surface area (Å²) >= 11 is 0. The molecular formula is C22H21NO. The Hall–Kier alpha value is -2.61. The summed E-state index contributed by atoms with van der Waals surface area (Å²) in [5.41, 5.74) is 7.07. The van der Waals surface area contributed by atoms with Crippen LogP contribution in [0.25, 0.3) is 22.5 Å². The standard InChI is InChI=1S/C22H21NO/c1-3-4-21-15(2)23-24-22(21)20-13-11-19(12-14-20)18-9-7-17(8-10-18)16-5-6-16/h3,7-14,16H,1,4-6H2,2H3. The van der Waals surface area contributed by atoms with Crippen LogP contribution in [0.1, 0.15) is 35.6 Å². The fraction of sp³-hybridized carbons (Fsp3) is 0.227. The number of aryl methyl sites for hydroxylation is 1. The molecule has 2 aromatic carbocycles. The molecule has 0 N–H and O–H groups in total. The molecule has 24 heavy (non-hydrogen) atoms. The minimum Gasteiger partial charge on any atom is -0.356 e. The lowest BCUT2D eigenvalue weighted by Gasteiger charge is -2.05. The zero-order valence-corrected chi connectivity index (χ0v) is 14.0. The quantitative estimate of drug-likeness (QED) is 0.546. The van der Waals surface area contributed by atoms with E-state index in [1.54, 1.807) is 0 Å². The highest BCUT2D eigenvalue weighted by molar-refractivity contribution is 5.70. The van der Waals surface area contributed by atoms with Gasteiger partial charge in [0.2, 0.25) is 0 Å². The molecule has 0 aliphatic heterocycles. The molecule has 4 rings (SSSR count). The molecule has 1 aromatic heterocycles. The first-order chi connectivity index (χ1) is 11.8. The molecule has 0 atom stereocenters. The van der Waals surface area contributed by atoms with E-state index in [1.165, 1.54) is 29.5 Å². The number of nitrogens with zero attached hydrogens (tertiary/aromatic N) is 1. The molecule has 0 radical (unpaired) electrons. The van der Waals surface area contributed by atoms with E-state index in [0.29, 0.717) is 0 Å². The number of rotatable bonds is 5. The molecule has 1 aliphatic carbocycles. The van der Waals surface area contributed by atoms with Gasteiger partial charge in [0.15, 0.2) is 5.76 Å². The normalized spacial score (nSPS) is 13.9. The first kappa shape index (κ1) is 14.9. The zero-order valence-electron chi connectivity index (χ0n) is 14.0. The Morgan fingerprint density at radius 2 is 1.58 bits per heavy atom.